The Hall–Kier alpha value is -2.84. The number of rotatable bonds is 8. The number of nitrogens with zero attached hydrogens (tertiary/aromatic N) is 4. The van der Waals surface area contributed by atoms with E-state index in [4.69, 9.17) is 9.26 Å². The number of ether oxygens (including phenoxy) is 1. The predicted octanol–water partition coefficient (Wildman–Crippen LogP) is 4.19. The van der Waals surface area contributed by atoms with E-state index < -0.39 is 12.6 Å². The molecule has 30 heavy (non-hydrogen) atoms. The molecule has 0 saturated carbocycles. The third kappa shape index (κ3) is 3.68. The molecule has 0 atom stereocenters. The topological polar surface area (TPSA) is 97.6 Å². The van der Waals surface area contributed by atoms with Crippen molar-refractivity contribution in [3.05, 3.63) is 70.4 Å². The molecule has 0 unspecified atom stereocenters. The van der Waals surface area contributed by atoms with E-state index in [2.05, 4.69) is 4.98 Å². The third-order valence-corrected chi connectivity index (χ3v) is 7.70. The second-order valence-electron chi connectivity index (χ2n) is 7.16. The van der Waals surface area contributed by atoms with Gasteiger partial charge in [0, 0.05) is 43.8 Å². The lowest BCUT2D eigenvalue weighted by atomic mass is 10.2. The summed E-state index contributed by atoms with van der Waals surface area (Å²) < 4.78 is 28.5. The van der Waals surface area contributed by atoms with Gasteiger partial charge in [-0.3, -0.25) is 19.7 Å². The minimum absolute atomic E-state index is 0.0791. The second-order valence-corrected chi connectivity index (χ2v) is 9.53. The lowest BCUT2D eigenvalue weighted by Gasteiger charge is -2.19. The summed E-state index contributed by atoms with van der Waals surface area (Å²) >= 11 is 0. The summed E-state index contributed by atoms with van der Waals surface area (Å²) in [6.07, 6.45) is 1.68. The summed E-state index contributed by atoms with van der Waals surface area (Å²) in [7, 11) is -2.97. The summed E-state index contributed by atoms with van der Waals surface area (Å²) in [5.74, 6) is 0.575. The van der Waals surface area contributed by atoms with Gasteiger partial charge in [0.2, 0.25) is 5.75 Å². The molecule has 0 bridgehead atoms. The number of nitro groups is 1. The van der Waals surface area contributed by atoms with Crippen molar-refractivity contribution in [1.29, 1.82) is 0 Å². The average Bonchev–Trinajstić information content (AvgIpc) is 3.64. The Morgan fingerprint density at radius 3 is 2.50 bits per heavy atom. The van der Waals surface area contributed by atoms with Gasteiger partial charge in [-0.1, -0.05) is 6.07 Å². The van der Waals surface area contributed by atoms with Crippen molar-refractivity contribution in [2.45, 2.75) is 6.61 Å². The van der Waals surface area contributed by atoms with Crippen LogP contribution in [0.1, 0.15) is 5.56 Å². The van der Waals surface area contributed by atoms with Crippen LogP contribution in [0.2, 0.25) is 0 Å². The van der Waals surface area contributed by atoms with Gasteiger partial charge in [-0.2, -0.15) is 0 Å². The maximum absolute atomic E-state index is 13.1. The fourth-order valence-corrected chi connectivity index (χ4v) is 5.45. The summed E-state index contributed by atoms with van der Waals surface area (Å²) in [6.45, 7) is 3.12. The molecule has 0 aliphatic carbocycles. The van der Waals surface area contributed by atoms with E-state index in [1.54, 1.807) is 36.5 Å². The molecule has 1 aromatic heterocycles. The summed E-state index contributed by atoms with van der Waals surface area (Å²) in [4.78, 5) is 15.3. The molecule has 2 aromatic carbocycles. The van der Waals surface area contributed by atoms with Gasteiger partial charge in [-0.25, -0.2) is 9.34 Å². The Bertz CT molecular complexity index is 1160. The second kappa shape index (κ2) is 7.45. The fourth-order valence-electron chi connectivity index (χ4n) is 3.26. The highest BCUT2D eigenvalue weighted by Gasteiger charge is 2.49. The highest BCUT2D eigenvalue weighted by Crippen LogP contribution is 2.61. The monoisotopic (exact) mass is 426 g/mol. The van der Waals surface area contributed by atoms with Crippen LogP contribution in [0.25, 0.3) is 10.9 Å². The Labute approximate surface area is 172 Å². The van der Waals surface area contributed by atoms with Gasteiger partial charge in [0.25, 0.3) is 0 Å². The van der Waals surface area contributed by atoms with Crippen molar-refractivity contribution in [2.24, 2.45) is 0 Å². The molecule has 2 fully saturated rings. The average molecular weight is 426 g/mol. The molecule has 0 radical (unpaired) electrons. The molecule has 154 valence electrons. The van der Waals surface area contributed by atoms with Crippen LogP contribution in [0, 0.1) is 10.1 Å². The van der Waals surface area contributed by atoms with Gasteiger partial charge in [0.05, 0.1) is 17.0 Å². The molecule has 9 nitrogen and oxygen atoms in total. The van der Waals surface area contributed by atoms with Gasteiger partial charge in [-0.05, 0) is 42.0 Å². The molecular weight excluding hydrogens is 407 g/mol. The maximum Gasteiger partial charge on any atom is 0.346 e. The first kappa shape index (κ1) is 19.1. The third-order valence-electron chi connectivity index (χ3n) is 5.01. The molecule has 2 aliphatic heterocycles. The maximum atomic E-state index is 13.1. The van der Waals surface area contributed by atoms with Gasteiger partial charge < -0.3 is 9.26 Å². The molecule has 0 amide bonds. The van der Waals surface area contributed by atoms with E-state index in [0.717, 1.165) is 37.1 Å². The van der Waals surface area contributed by atoms with Gasteiger partial charge >= 0.3 is 13.4 Å². The number of fused-ring (bicyclic) bond motifs is 1. The number of nitro benzene ring substituents is 1. The van der Waals surface area contributed by atoms with Crippen LogP contribution in [-0.4, -0.2) is 45.4 Å². The summed E-state index contributed by atoms with van der Waals surface area (Å²) in [5, 5.41) is 12.3. The van der Waals surface area contributed by atoms with Crippen LogP contribution in [0.3, 0.4) is 0 Å². The Balaban J connectivity index is 1.43. The number of benzene rings is 2. The molecule has 0 spiro atoms. The normalized spacial score (nSPS) is 16.5. The number of hydrogen-bond donors (Lipinski definition) is 0. The van der Waals surface area contributed by atoms with Crippen LogP contribution in [-0.2, 0) is 15.7 Å². The zero-order chi connectivity index (χ0) is 20.7. The van der Waals surface area contributed by atoms with Crippen molar-refractivity contribution in [3.8, 4) is 11.5 Å². The quantitative estimate of drug-likeness (QED) is 0.229. The van der Waals surface area contributed by atoms with Crippen LogP contribution < -0.4 is 4.74 Å². The SMILES string of the molecule is O=[N+]([O-])c1ccc(COP(=O)(N2CC2)N2CC2)cc1Oc1cccc2ncccc12. The molecule has 10 heteroatoms. The van der Waals surface area contributed by atoms with Crippen molar-refractivity contribution in [3.63, 3.8) is 0 Å². The largest absolute Gasteiger partial charge is 0.449 e. The van der Waals surface area contributed by atoms with E-state index in [0.29, 0.717) is 11.3 Å². The Morgan fingerprint density at radius 1 is 1.03 bits per heavy atom. The summed E-state index contributed by atoms with van der Waals surface area (Å²) in [6, 6.07) is 13.6. The lowest BCUT2D eigenvalue weighted by molar-refractivity contribution is -0.385. The zero-order valence-electron chi connectivity index (χ0n) is 16.0. The first-order valence-electron chi connectivity index (χ1n) is 9.59. The highest BCUT2D eigenvalue weighted by molar-refractivity contribution is 7.54. The van der Waals surface area contributed by atoms with Gasteiger partial charge in [-0.15, -0.1) is 0 Å². The van der Waals surface area contributed by atoms with Crippen molar-refractivity contribution in [2.75, 3.05) is 26.2 Å². The molecule has 3 heterocycles. The first-order chi connectivity index (χ1) is 14.5. The van der Waals surface area contributed by atoms with Crippen molar-refractivity contribution in [1.82, 2.24) is 14.3 Å². The van der Waals surface area contributed by atoms with Crippen LogP contribution >= 0.6 is 7.67 Å². The molecule has 3 aromatic rings. The number of hydrogen-bond acceptors (Lipinski definition) is 6. The Morgan fingerprint density at radius 2 is 1.80 bits per heavy atom. The van der Waals surface area contributed by atoms with Crippen LogP contribution in [0.4, 0.5) is 5.69 Å². The molecule has 0 N–H and O–H groups in total. The van der Waals surface area contributed by atoms with Gasteiger partial charge in [0.1, 0.15) is 5.75 Å². The zero-order valence-corrected chi connectivity index (χ0v) is 16.9. The molecule has 2 saturated heterocycles. The van der Waals surface area contributed by atoms with E-state index in [-0.39, 0.29) is 18.0 Å². The van der Waals surface area contributed by atoms with Crippen LogP contribution in [0.5, 0.6) is 11.5 Å². The van der Waals surface area contributed by atoms with Gasteiger partial charge in [0.15, 0.2) is 0 Å². The minimum Gasteiger partial charge on any atom is -0.449 e. The lowest BCUT2D eigenvalue weighted by Crippen LogP contribution is -2.08. The van der Waals surface area contributed by atoms with E-state index in [9.17, 15) is 14.7 Å². The predicted molar refractivity (Wildman–Crippen MR) is 110 cm³/mol. The van der Waals surface area contributed by atoms with Crippen molar-refractivity contribution >= 4 is 24.3 Å². The molecule has 5 rings (SSSR count). The number of pyridine rings is 1. The Kier molecular flexibility index (Phi) is 4.75. The van der Waals surface area contributed by atoms with Crippen LogP contribution in [0.15, 0.2) is 54.7 Å². The minimum atomic E-state index is -2.97. The number of aromatic nitrogens is 1. The smallest absolute Gasteiger partial charge is 0.346 e. The highest BCUT2D eigenvalue weighted by atomic mass is 31.2. The summed E-state index contributed by atoms with van der Waals surface area (Å²) in [5.41, 5.74) is 1.23. The van der Waals surface area contributed by atoms with Crippen molar-refractivity contribution < 1.29 is 18.7 Å². The fraction of sp³-hybridized carbons (Fsp3) is 0.250. The van der Waals surface area contributed by atoms with E-state index in [1.807, 2.05) is 21.5 Å². The first-order valence-corrected chi connectivity index (χ1v) is 11.1. The van der Waals surface area contributed by atoms with E-state index in [1.165, 1.54) is 6.07 Å². The molecular formula is C20H19N4O5P. The van der Waals surface area contributed by atoms with E-state index >= 15 is 0 Å². The standard InChI is InChI=1S/C20H19N4O5P/c25-24(26)18-7-6-15(14-28-30(27,22-9-10-22)23-11-12-23)13-20(18)29-19-5-1-4-17-16(19)3-2-8-21-17/h1-8,13H,9-12,14H2. The molecule has 2 aliphatic rings.